The highest BCUT2D eigenvalue weighted by molar-refractivity contribution is 7.84. The highest BCUT2D eigenvalue weighted by Gasteiger charge is 2.26. The molecule has 0 bridgehead atoms. The fraction of sp³-hybridized carbons (Fsp3) is 0.467. The molecule has 0 saturated carbocycles. The van der Waals surface area contributed by atoms with Gasteiger partial charge in [-0.2, -0.15) is 0 Å². The normalized spacial score (nSPS) is 15.6. The van der Waals surface area contributed by atoms with Crippen molar-refractivity contribution in [3.8, 4) is 0 Å². The molecule has 0 spiro atoms. The fourth-order valence-corrected chi connectivity index (χ4v) is 2.99. The number of hydrogen-bond acceptors (Lipinski definition) is 2. The van der Waals surface area contributed by atoms with Crippen LogP contribution < -0.4 is 5.14 Å². The average molecular weight is 279 g/mol. The zero-order chi connectivity index (χ0) is 14.0. The highest BCUT2D eigenvalue weighted by Crippen LogP contribution is 2.25. The summed E-state index contributed by atoms with van der Waals surface area (Å²) in [6.45, 7) is 6.09. The second-order valence-corrected chi connectivity index (χ2v) is 7.56. The Morgan fingerprint density at radius 2 is 2.11 bits per heavy atom. The molecule has 1 unspecified atom stereocenters. The lowest BCUT2D eigenvalue weighted by Gasteiger charge is -2.25. The van der Waals surface area contributed by atoms with Crippen LogP contribution in [0.3, 0.4) is 0 Å². The second-order valence-electron chi connectivity index (χ2n) is 5.86. The minimum atomic E-state index is -1.29. The molecule has 1 aromatic carbocycles. The third kappa shape index (κ3) is 3.45. The third-order valence-corrected chi connectivity index (χ3v) is 4.74. The van der Waals surface area contributed by atoms with Crippen LogP contribution in [0.4, 0.5) is 0 Å². The van der Waals surface area contributed by atoms with Crippen molar-refractivity contribution in [1.82, 2.24) is 0 Å². The van der Waals surface area contributed by atoms with Gasteiger partial charge < -0.3 is 4.42 Å². The van der Waals surface area contributed by atoms with Gasteiger partial charge in [0.1, 0.15) is 5.58 Å². The van der Waals surface area contributed by atoms with Crippen LogP contribution in [0.1, 0.15) is 32.8 Å². The maximum absolute atomic E-state index is 11.5. The fourth-order valence-electron chi connectivity index (χ4n) is 2.54. The molecule has 0 saturated heterocycles. The van der Waals surface area contributed by atoms with Gasteiger partial charge >= 0.3 is 0 Å². The van der Waals surface area contributed by atoms with Gasteiger partial charge in [0.15, 0.2) is 0 Å². The van der Waals surface area contributed by atoms with Crippen molar-refractivity contribution >= 4 is 22.0 Å². The number of rotatable bonds is 5. The Balaban J connectivity index is 2.06. The first-order valence-electron chi connectivity index (χ1n) is 6.51. The standard InChI is InChI=1S/C15H21NO2S/c1-11(10-15(2,3)19(16)17)8-12-4-5-14-13(9-12)6-7-18-14/h4-7,9,11H,8,10,16H2,1-3H3/t11-,19?/m0/s1. The monoisotopic (exact) mass is 279 g/mol. The Morgan fingerprint density at radius 1 is 1.37 bits per heavy atom. The van der Waals surface area contributed by atoms with Gasteiger partial charge in [0.2, 0.25) is 0 Å². The minimum Gasteiger partial charge on any atom is -0.464 e. The molecule has 0 fully saturated rings. The van der Waals surface area contributed by atoms with Gasteiger partial charge in [-0.15, -0.1) is 0 Å². The van der Waals surface area contributed by atoms with Gasteiger partial charge in [-0.25, -0.2) is 4.21 Å². The molecular formula is C15H21NO2S. The van der Waals surface area contributed by atoms with E-state index in [0.717, 1.165) is 23.8 Å². The Kier molecular flexibility index (Phi) is 4.11. The second kappa shape index (κ2) is 5.47. The number of fused-ring (bicyclic) bond motifs is 1. The van der Waals surface area contributed by atoms with Gasteiger partial charge in [0.05, 0.1) is 22.0 Å². The molecule has 2 N–H and O–H groups in total. The molecule has 0 radical (unpaired) electrons. The summed E-state index contributed by atoms with van der Waals surface area (Å²) in [5.74, 6) is 0.437. The summed E-state index contributed by atoms with van der Waals surface area (Å²) in [7, 11) is -1.29. The molecule has 0 aliphatic carbocycles. The van der Waals surface area contributed by atoms with Crippen molar-refractivity contribution in [3.63, 3.8) is 0 Å². The van der Waals surface area contributed by atoms with Crippen LogP contribution in [-0.2, 0) is 17.4 Å². The van der Waals surface area contributed by atoms with Crippen LogP contribution in [0, 0.1) is 5.92 Å². The lowest BCUT2D eigenvalue weighted by atomic mass is 9.92. The number of nitrogens with two attached hydrogens (primary N) is 1. The summed E-state index contributed by atoms with van der Waals surface area (Å²) in [4.78, 5) is 0. The molecule has 19 heavy (non-hydrogen) atoms. The smallest absolute Gasteiger partial charge is 0.133 e. The summed E-state index contributed by atoms with van der Waals surface area (Å²) < 4.78 is 16.5. The Labute approximate surface area is 116 Å². The van der Waals surface area contributed by atoms with Gasteiger partial charge in [0, 0.05) is 5.39 Å². The predicted molar refractivity (Wildman–Crippen MR) is 80.1 cm³/mol. The van der Waals surface area contributed by atoms with Crippen LogP contribution in [0.15, 0.2) is 34.9 Å². The van der Waals surface area contributed by atoms with Crippen LogP contribution >= 0.6 is 0 Å². The van der Waals surface area contributed by atoms with E-state index < -0.39 is 11.0 Å². The van der Waals surface area contributed by atoms with Crippen molar-refractivity contribution in [2.45, 2.75) is 38.4 Å². The number of benzene rings is 1. The summed E-state index contributed by atoms with van der Waals surface area (Å²) in [5, 5.41) is 6.66. The van der Waals surface area contributed by atoms with E-state index in [1.54, 1.807) is 6.26 Å². The summed E-state index contributed by atoms with van der Waals surface area (Å²) in [6.07, 6.45) is 3.51. The molecule has 2 aromatic rings. The van der Waals surface area contributed by atoms with E-state index in [4.69, 9.17) is 9.56 Å². The Bertz CT molecular complexity index is 589. The van der Waals surface area contributed by atoms with Crippen molar-refractivity contribution in [1.29, 1.82) is 0 Å². The summed E-state index contributed by atoms with van der Waals surface area (Å²) in [6, 6.07) is 8.22. The maximum Gasteiger partial charge on any atom is 0.133 e. The molecular weight excluding hydrogens is 258 g/mol. The van der Waals surface area contributed by atoms with E-state index in [-0.39, 0.29) is 4.75 Å². The Morgan fingerprint density at radius 3 is 2.79 bits per heavy atom. The largest absolute Gasteiger partial charge is 0.464 e. The lowest BCUT2D eigenvalue weighted by molar-refractivity contribution is 0.455. The van der Waals surface area contributed by atoms with Crippen molar-refractivity contribution in [2.24, 2.45) is 11.1 Å². The van der Waals surface area contributed by atoms with Crippen molar-refractivity contribution in [3.05, 3.63) is 36.1 Å². The van der Waals surface area contributed by atoms with Crippen LogP contribution in [-0.4, -0.2) is 8.96 Å². The lowest BCUT2D eigenvalue weighted by Crippen LogP contribution is -2.34. The third-order valence-electron chi connectivity index (χ3n) is 3.49. The molecule has 0 amide bonds. The zero-order valence-corrected chi connectivity index (χ0v) is 12.5. The molecule has 4 heteroatoms. The van der Waals surface area contributed by atoms with Gasteiger partial charge in [-0.1, -0.05) is 13.0 Å². The minimum absolute atomic E-state index is 0.334. The first-order valence-corrected chi connectivity index (χ1v) is 7.72. The van der Waals surface area contributed by atoms with E-state index in [1.807, 2.05) is 26.0 Å². The molecule has 2 atom stereocenters. The molecule has 3 nitrogen and oxygen atoms in total. The van der Waals surface area contributed by atoms with Gasteiger partial charge in [0.25, 0.3) is 0 Å². The van der Waals surface area contributed by atoms with Crippen molar-refractivity contribution < 1.29 is 8.63 Å². The molecule has 1 heterocycles. The first-order chi connectivity index (χ1) is 8.88. The van der Waals surface area contributed by atoms with E-state index in [2.05, 4.69) is 19.1 Å². The van der Waals surface area contributed by atoms with Crippen LogP contribution in [0.25, 0.3) is 11.0 Å². The van der Waals surface area contributed by atoms with E-state index in [1.165, 1.54) is 5.56 Å². The zero-order valence-electron chi connectivity index (χ0n) is 11.7. The number of hydrogen-bond donors (Lipinski definition) is 1. The van der Waals surface area contributed by atoms with E-state index >= 15 is 0 Å². The quantitative estimate of drug-likeness (QED) is 0.912. The summed E-state index contributed by atoms with van der Waals surface area (Å²) in [5.41, 5.74) is 2.19. The molecule has 2 rings (SSSR count). The molecule has 104 valence electrons. The predicted octanol–water partition coefficient (Wildman–Crippen LogP) is 3.40. The summed E-state index contributed by atoms with van der Waals surface area (Å²) >= 11 is 0. The topological polar surface area (TPSA) is 56.2 Å². The van der Waals surface area contributed by atoms with E-state index in [0.29, 0.717) is 5.92 Å². The average Bonchev–Trinajstić information content (AvgIpc) is 2.74. The van der Waals surface area contributed by atoms with Gasteiger partial charge in [-0.05, 0) is 56.4 Å². The molecule has 0 aliphatic heterocycles. The van der Waals surface area contributed by atoms with Crippen LogP contribution in [0.5, 0.6) is 0 Å². The van der Waals surface area contributed by atoms with Crippen LogP contribution in [0.2, 0.25) is 0 Å². The number of furan rings is 1. The van der Waals surface area contributed by atoms with E-state index in [9.17, 15) is 4.21 Å². The Hall–Kier alpha value is -1.13. The molecule has 0 aliphatic rings. The highest BCUT2D eigenvalue weighted by atomic mass is 32.2. The van der Waals surface area contributed by atoms with Crippen molar-refractivity contribution in [2.75, 3.05) is 0 Å². The molecule has 1 aromatic heterocycles. The van der Waals surface area contributed by atoms with Gasteiger partial charge in [-0.3, -0.25) is 5.14 Å². The first kappa shape index (κ1) is 14.3. The SMILES string of the molecule is C[C@@H](Cc1ccc2occc2c1)CC(C)(C)S(N)=O. The maximum atomic E-state index is 11.5.